The van der Waals surface area contributed by atoms with E-state index in [0.717, 1.165) is 118 Å². The normalized spacial score (nSPS) is 20.7. The van der Waals surface area contributed by atoms with Crippen LogP contribution in [0.4, 0.5) is 27.1 Å². The lowest BCUT2D eigenvalue weighted by atomic mass is 9.95. The Bertz CT molecular complexity index is 2980. The first kappa shape index (κ1) is 47.9. The molecular weight excluding hydrogens is 930 g/mol. The van der Waals surface area contributed by atoms with Crippen LogP contribution in [0.5, 0.6) is 17.2 Å². The second-order valence-electron chi connectivity index (χ2n) is 20.3. The number of carbonyl (C=O) groups is 5. The van der Waals surface area contributed by atoms with Crippen molar-refractivity contribution in [1.82, 2.24) is 25.0 Å². The van der Waals surface area contributed by atoms with Crippen molar-refractivity contribution in [3.05, 3.63) is 120 Å². The van der Waals surface area contributed by atoms with Crippen molar-refractivity contribution in [1.29, 1.82) is 0 Å². The molecule has 0 spiro atoms. The average Bonchev–Trinajstić information content (AvgIpc) is 4.19. The SMILES string of the molecule is C=C1CCC(N2C(=O)c3ccc(N4CCC(N5CCN(CC6CCN(c7cc8nccc(Oc9ccc(NC(=O)C%10(C(=O)Nc%11ccc(F)cc%11)CC%10)cc9)c8cc7OC)CC6)CC5)CC4)cc3C2=O)C(=O)N1. The van der Waals surface area contributed by atoms with Crippen LogP contribution in [0.1, 0.15) is 72.1 Å². The molecule has 1 atom stereocenters. The number of piperidine rings is 3. The minimum absolute atomic E-state index is 0.355. The fourth-order valence-electron chi connectivity index (χ4n) is 11.3. The number of carbonyl (C=O) groups excluding carboxylic acids is 5. The molecule has 73 heavy (non-hydrogen) atoms. The van der Waals surface area contributed by atoms with Crippen LogP contribution in [0.25, 0.3) is 10.9 Å². The Morgan fingerprint density at radius 3 is 2.07 bits per heavy atom. The fraction of sp³-hybridized carbons (Fsp3) is 0.393. The number of pyridine rings is 1. The number of benzene rings is 4. The molecule has 5 aliphatic heterocycles. The van der Waals surface area contributed by atoms with E-state index in [4.69, 9.17) is 14.5 Å². The third-order valence-corrected chi connectivity index (χ3v) is 15.8. The van der Waals surface area contributed by atoms with Crippen LogP contribution in [0.2, 0.25) is 0 Å². The molecule has 17 heteroatoms. The number of halogens is 1. The maximum Gasteiger partial charge on any atom is 0.262 e. The van der Waals surface area contributed by atoms with Gasteiger partial charge in [0.25, 0.3) is 11.8 Å². The molecule has 5 fully saturated rings. The van der Waals surface area contributed by atoms with Crippen LogP contribution < -0.4 is 35.2 Å². The Morgan fingerprint density at radius 1 is 0.753 bits per heavy atom. The van der Waals surface area contributed by atoms with Crippen LogP contribution >= 0.6 is 0 Å². The molecule has 1 aromatic heterocycles. The predicted octanol–water partition coefficient (Wildman–Crippen LogP) is 7.42. The Kier molecular flexibility index (Phi) is 13.1. The van der Waals surface area contributed by atoms with E-state index in [2.05, 4.69) is 48.2 Å². The summed E-state index contributed by atoms with van der Waals surface area (Å²) in [5.74, 6) is 0.182. The van der Waals surface area contributed by atoms with Gasteiger partial charge in [-0.2, -0.15) is 0 Å². The van der Waals surface area contributed by atoms with Gasteiger partial charge in [-0.05, 0) is 142 Å². The highest BCUT2D eigenvalue weighted by Crippen LogP contribution is 2.48. The maximum atomic E-state index is 13.5. The van der Waals surface area contributed by atoms with Crippen molar-refractivity contribution < 1.29 is 37.8 Å². The quantitative estimate of drug-likeness (QED) is 0.0790. The van der Waals surface area contributed by atoms with Gasteiger partial charge in [-0.15, -0.1) is 0 Å². The molecule has 6 heterocycles. The molecule has 1 saturated carbocycles. The summed E-state index contributed by atoms with van der Waals surface area (Å²) in [7, 11) is 1.69. The molecule has 4 aromatic carbocycles. The maximum absolute atomic E-state index is 13.5. The molecule has 1 unspecified atom stereocenters. The zero-order chi connectivity index (χ0) is 50.4. The van der Waals surface area contributed by atoms with Gasteiger partial charge in [-0.1, -0.05) is 6.58 Å². The lowest BCUT2D eigenvalue weighted by molar-refractivity contribution is -0.131. The molecule has 6 aliphatic rings. The molecule has 378 valence electrons. The number of amides is 5. The summed E-state index contributed by atoms with van der Waals surface area (Å²) in [6, 6.07) is 23.6. The van der Waals surface area contributed by atoms with Gasteiger partial charge < -0.3 is 40.1 Å². The number of allylic oxidation sites excluding steroid dienone is 1. The predicted molar refractivity (Wildman–Crippen MR) is 276 cm³/mol. The number of hydrogen-bond donors (Lipinski definition) is 3. The number of nitrogens with zero attached hydrogens (tertiary/aromatic N) is 6. The van der Waals surface area contributed by atoms with Crippen molar-refractivity contribution >= 4 is 63.2 Å². The standard InChI is InChI=1S/C56H60FN9O7/c1-35-3-14-47(51(67)59-35)66-52(68)43-13-10-41(31-44(43)53(66)69)63-25-18-40(19-26-63)64-29-27-62(28-30-64)34-36-16-23-65(24-17-36)48-33-46-45(32-50(48)72-2)49(15-22-58-46)73-42-11-8-39(9-12-42)61-55(71)56(20-21-56)54(70)60-38-6-4-37(57)5-7-38/h4-13,15,22,31-33,36,40,47H,1,3,14,16-21,23-30,34H2,2H3,(H,59,67)(H,60,70)(H,61,71). The van der Waals surface area contributed by atoms with E-state index in [9.17, 15) is 28.4 Å². The number of ether oxygens (including phenoxy) is 2. The van der Waals surface area contributed by atoms with E-state index in [1.807, 2.05) is 24.3 Å². The van der Waals surface area contributed by atoms with Gasteiger partial charge in [0, 0.05) is 99.3 Å². The van der Waals surface area contributed by atoms with Crippen molar-refractivity contribution in [2.45, 2.75) is 63.5 Å². The molecule has 3 N–H and O–H groups in total. The Labute approximate surface area is 423 Å². The van der Waals surface area contributed by atoms with Gasteiger partial charge in [-0.25, -0.2) is 4.39 Å². The number of nitrogens with one attached hydrogen (secondary N) is 3. The zero-order valence-electron chi connectivity index (χ0n) is 41.0. The minimum Gasteiger partial charge on any atom is -0.495 e. The Hall–Kier alpha value is -7.37. The molecule has 5 aromatic rings. The van der Waals surface area contributed by atoms with Gasteiger partial charge in [0.1, 0.15) is 34.5 Å². The van der Waals surface area contributed by atoms with E-state index in [-0.39, 0.29) is 11.8 Å². The number of imide groups is 1. The van der Waals surface area contributed by atoms with Crippen molar-refractivity contribution in [3.8, 4) is 17.2 Å². The van der Waals surface area contributed by atoms with Crippen LogP contribution in [-0.2, 0) is 14.4 Å². The fourth-order valence-corrected chi connectivity index (χ4v) is 11.3. The number of aromatic nitrogens is 1. The van der Waals surface area contributed by atoms with Gasteiger partial charge in [-0.3, -0.25) is 38.8 Å². The van der Waals surface area contributed by atoms with Crippen LogP contribution in [0.15, 0.2) is 103 Å². The van der Waals surface area contributed by atoms with Gasteiger partial charge in [0.2, 0.25) is 17.7 Å². The van der Waals surface area contributed by atoms with Crippen LogP contribution in [0, 0.1) is 17.2 Å². The van der Waals surface area contributed by atoms with E-state index < -0.39 is 35.0 Å². The molecule has 0 bridgehead atoms. The smallest absolute Gasteiger partial charge is 0.262 e. The summed E-state index contributed by atoms with van der Waals surface area (Å²) in [6.45, 7) is 12.7. The number of hydrogen-bond acceptors (Lipinski definition) is 12. The zero-order valence-corrected chi connectivity index (χ0v) is 41.0. The Balaban J connectivity index is 0.635. The second kappa shape index (κ2) is 19.9. The first-order valence-electron chi connectivity index (χ1n) is 25.5. The highest BCUT2D eigenvalue weighted by molar-refractivity contribution is 6.23. The topological polar surface area (TPSA) is 169 Å². The number of fused-ring (bicyclic) bond motifs is 2. The summed E-state index contributed by atoms with van der Waals surface area (Å²) >= 11 is 0. The lowest BCUT2D eigenvalue weighted by Crippen LogP contribution is -2.54. The average molecular weight is 990 g/mol. The van der Waals surface area contributed by atoms with E-state index in [1.165, 1.54) is 24.3 Å². The number of piperazine rings is 1. The first-order valence-corrected chi connectivity index (χ1v) is 25.5. The number of rotatable bonds is 13. The summed E-state index contributed by atoms with van der Waals surface area (Å²) < 4.78 is 25.7. The number of methoxy groups -OCH3 is 1. The lowest BCUT2D eigenvalue weighted by Gasteiger charge is -2.44. The summed E-state index contributed by atoms with van der Waals surface area (Å²) in [5, 5.41) is 9.12. The molecule has 5 amide bonds. The summed E-state index contributed by atoms with van der Waals surface area (Å²) in [6.07, 6.45) is 7.76. The molecule has 11 rings (SSSR count). The van der Waals surface area contributed by atoms with Gasteiger partial charge in [0.05, 0.1) is 29.4 Å². The molecule has 16 nitrogen and oxygen atoms in total. The van der Waals surface area contributed by atoms with E-state index in [0.29, 0.717) is 77.3 Å². The van der Waals surface area contributed by atoms with Gasteiger partial charge in [0.15, 0.2) is 0 Å². The molecule has 4 saturated heterocycles. The van der Waals surface area contributed by atoms with E-state index in [1.54, 1.807) is 43.6 Å². The summed E-state index contributed by atoms with van der Waals surface area (Å²) in [5.41, 5.74) is 3.90. The third-order valence-electron chi connectivity index (χ3n) is 15.8. The molecule has 1 aliphatic carbocycles. The molecular formula is C56H60FN9O7. The third kappa shape index (κ3) is 9.70. The van der Waals surface area contributed by atoms with Crippen molar-refractivity contribution in [2.75, 3.05) is 86.4 Å². The minimum atomic E-state index is -1.17. The van der Waals surface area contributed by atoms with Crippen molar-refractivity contribution in [2.24, 2.45) is 11.3 Å². The second-order valence-corrected chi connectivity index (χ2v) is 20.3. The van der Waals surface area contributed by atoms with Crippen LogP contribution in [-0.4, -0.2) is 127 Å². The Morgan fingerprint density at radius 2 is 1.41 bits per heavy atom. The molecule has 0 radical (unpaired) electrons. The van der Waals surface area contributed by atoms with Crippen LogP contribution in [0.3, 0.4) is 0 Å². The largest absolute Gasteiger partial charge is 0.495 e. The number of anilines is 4. The summed E-state index contributed by atoms with van der Waals surface area (Å²) in [4.78, 5) is 81.6. The monoisotopic (exact) mass is 989 g/mol. The first-order chi connectivity index (χ1) is 35.4. The highest BCUT2D eigenvalue weighted by Gasteiger charge is 2.56. The highest BCUT2D eigenvalue weighted by atomic mass is 19.1. The van der Waals surface area contributed by atoms with Gasteiger partial charge >= 0.3 is 0 Å². The van der Waals surface area contributed by atoms with Crippen molar-refractivity contribution in [3.63, 3.8) is 0 Å². The van der Waals surface area contributed by atoms with E-state index >= 15 is 0 Å².